The van der Waals surface area contributed by atoms with E-state index in [0.29, 0.717) is 11.1 Å². The molecule has 94 valence electrons. The smallest absolute Gasteiger partial charge is 0.195 e. The standard InChI is InChI=1S/C16H12FNO/c1-10-2-7-15-13(8-10)14(9-18-15)16(19)11-3-5-12(17)6-4-11/h2-9,18H,1H3. The fourth-order valence-electron chi connectivity index (χ4n) is 2.18. The van der Waals surface area contributed by atoms with Crippen LogP contribution in [0.5, 0.6) is 0 Å². The van der Waals surface area contributed by atoms with Crippen molar-refractivity contribution in [3.63, 3.8) is 0 Å². The number of hydrogen-bond donors (Lipinski definition) is 1. The molecule has 3 aromatic rings. The molecule has 0 radical (unpaired) electrons. The summed E-state index contributed by atoms with van der Waals surface area (Å²) in [6, 6.07) is 11.5. The number of carbonyl (C=O) groups excluding carboxylic acids is 1. The van der Waals surface area contributed by atoms with Crippen molar-refractivity contribution in [3.8, 4) is 0 Å². The molecule has 1 heterocycles. The quantitative estimate of drug-likeness (QED) is 0.691. The van der Waals surface area contributed by atoms with Crippen molar-refractivity contribution in [2.75, 3.05) is 0 Å². The van der Waals surface area contributed by atoms with Crippen LogP contribution in [0.4, 0.5) is 4.39 Å². The first kappa shape index (κ1) is 11.7. The van der Waals surface area contributed by atoms with Gasteiger partial charge in [0.05, 0.1) is 0 Å². The molecule has 0 aliphatic heterocycles. The second-order valence-corrected chi connectivity index (χ2v) is 4.59. The van der Waals surface area contributed by atoms with Gasteiger partial charge in [0.1, 0.15) is 5.82 Å². The van der Waals surface area contributed by atoms with Crippen LogP contribution in [0.15, 0.2) is 48.7 Å². The second-order valence-electron chi connectivity index (χ2n) is 4.59. The number of aryl methyl sites for hydroxylation is 1. The number of ketones is 1. The number of H-pyrrole nitrogens is 1. The summed E-state index contributed by atoms with van der Waals surface area (Å²) in [5, 5.41) is 0.898. The predicted molar refractivity (Wildman–Crippen MR) is 72.9 cm³/mol. The maximum Gasteiger partial charge on any atom is 0.195 e. The first-order valence-electron chi connectivity index (χ1n) is 6.03. The Kier molecular flexibility index (Phi) is 2.67. The molecule has 0 saturated carbocycles. The van der Waals surface area contributed by atoms with Crippen molar-refractivity contribution in [1.29, 1.82) is 0 Å². The lowest BCUT2D eigenvalue weighted by Crippen LogP contribution is -2.00. The molecule has 3 rings (SSSR count). The summed E-state index contributed by atoms with van der Waals surface area (Å²) in [7, 11) is 0. The molecule has 0 spiro atoms. The Morgan fingerprint density at radius 3 is 2.58 bits per heavy atom. The van der Waals surface area contributed by atoms with Gasteiger partial charge in [-0.15, -0.1) is 0 Å². The third-order valence-corrected chi connectivity index (χ3v) is 3.19. The first-order chi connectivity index (χ1) is 9.15. The van der Waals surface area contributed by atoms with Crippen LogP contribution in [0.1, 0.15) is 21.5 Å². The molecule has 0 saturated heterocycles. The monoisotopic (exact) mass is 253 g/mol. The van der Waals surface area contributed by atoms with Gasteiger partial charge in [-0.3, -0.25) is 4.79 Å². The van der Waals surface area contributed by atoms with E-state index in [-0.39, 0.29) is 11.6 Å². The molecule has 0 aliphatic rings. The highest BCUT2D eigenvalue weighted by Gasteiger charge is 2.14. The van der Waals surface area contributed by atoms with Crippen molar-refractivity contribution < 1.29 is 9.18 Å². The van der Waals surface area contributed by atoms with Gasteiger partial charge in [-0.25, -0.2) is 4.39 Å². The summed E-state index contributed by atoms with van der Waals surface area (Å²) in [5.74, 6) is -0.442. The molecule has 0 atom stereocenters. The molecule has 0 unspecified atom stereocenters. The van der Waals surface area contributed by atoms with E-state index in [2.05, 4.69) is 4.98 Å². The SMILES string of the molecule is Cc1ccc2[nH]cc(C(=O)c3ccc(F)cc3)c2c1. The third-order valence-electron chi connectivity index (χ3n) is 3.19. The van der Waals surface area contributed by atoms with Gasteiger partial charge in [0.2, 0.25) is 0 Å². The maximum atomic E-state index is 12.9. The summed E-state index contributed by atoms with van der Waals surface area (Å²) in [5.41, 5.74) is 3.13. The lowest BCUT2D eigenvalue weighted by atomic mass is 10.0. The normalized spacial score (nSPS) is 10.8. The minimum atomic E-state index is -0.341. The molecule has 0 aliphatic carbocycles. The van der Waals surface area contributed by atoms with E-state index in [9.17, 15) is 9.18 Å². The number of nitrogens with one attached hydrogen (secondary N) is 1. The molecule has 2 nitrogen and oxygen atoms in total. The van der Waals surface area contributed by atoms with Crippen molar-refractivity contribution in [2.45, 2.75) is 6.92 Å². The summed E-state index contributed by atoms with van der Waals surface area (Å²) < 4.78 is 12.9. The number of aromatic nitrogens is 1. The molecule has 1 N–H and O–H groups in total. The molecule has 0 bridgehead atoms. The van der Waals surface area contributed by atoms with Crippen LogP contribution in [-0.2, 0) is 0 Å². The van der Waals surface area contributed by atoms with Gasteiger partial charge in [-0.1, -0.05) is 11.6 Å². The number of benzene rings is 2. The van der Waals surface area contributed by atoms with Crippen LogP contribution < -0.4 is 0 Å². The molecule has 0 fully saturated rings. The second kappa shape index (κ2) is 4.35. The van der Waals surface area contributed by atoms with Crippen LogP contribution in [0, 0.1) is 12.7 Å². The van der Waals surface area contributed by atoms with E-state index in [4.69, 9.17) is 0 Å². The van der Waals surface area contributed by atoms with Gasteiger partial charge in [0.15, 0.2) is 5.78 Å². The Balaban J connectivity index is 2.11. The predicted octanol–water partition coefficient (Wildman–Crippen LogP) is 3.85. The van der Waals surface area contributed by atoms with Crippen LogP contribution in [0.3, 0.4) is 0 Å². The molecule has 1 aromatic heterocycles. The van der Waals surface area contributed by atoms with Gasteiger partial charge in [0, 0.05) is 28.2 Å². The topological polar surface area (TPSA) is 32.9 Å². The highest BCUT2D eigenvalue weighted by molar-refractivity contribution is 6.16. The van der Waals surface area contributed by atoms with Crippen molar-refractivity contribution in [3.05, 3.63) is 71.2 Å². The Bertz CT molecular complexity index is 756. The van der Waals surface area contributed by atoms with E-state index in [1.54, 1.807) is 6.20 Å². The zero-order valence-electron chi connectivity index (χ0n) is 10.4. The van der Waals surface area contributed by atoms with Gasteiger partial charge in [-0.05, 0) is 43.3 Å². The first-order valence-corrected chi connectivity index (χ1v) is 6.03. The lowest BCUT2D eigenvalue weighted by molar-refractivity contribution is 0.104. The molecule has 3 heteroatoms. The van der Waals surface area contributed by atoms with Crippen molar-refractivity contribution >= 4 is 16.7 Å². The summed E-state index contributed by atoms with van der Waals surface area (Å²) in [4.78, 5) is 15.5. The highest BCUT2D eigenvalue weighted by atomic mass is 19.1. The van der Waals surface area contributed by atoms with E-state index >= 15 is 0 Å². The molecular weight excluding hydrogens is 241 g/mol. The van der Waals surface area contributed by atoms with E-state index in [1.165, 1.54) is 24.3 Å². The van der Waals surface area contributed by atoms with Crippen LogP contribution >= 0.6 is 0 Å². The van der Waals surface area contributed by atoms with Crippen LogP contribution in [0.2, 0.25) is 0 Å². The minimum absolute atomic E-state index is 0.100. The van der Waals surface area contributed by atoms with Crippen molar-refractivity contribution in [2.24, 2.45) is 0 Å². The van der Waals surface area contributed by atoms with Crippen LogP contribution in [0.25, 0.3) is 10.9 Å². The third kappa shape index (κ3) is 2.03. The fraction of sp³-hybridized carbons (Fsp3) is 0.0625. The highest BCUT2D eigenvalue weighted by Crippen LogP contribution is 2.22. The average molecular weight is 253 g/mol. The number of fused-ring (bicyclic) bond motifs is 1. The fourth-order valence-corrected chi connectivity index (χ4v) is 2.18. The largest absolute Gasteiger partial charge is 0.360 e. The van der Waals surface area contributed by atoms with E-state index in [1.807, 2.05) is 25.1 Å². The van der Waals surface area contributed by atoms with Gasteiger partial charge in [0.25, 0.3) is 0 Å². The van der Waals surface area contributed by atoms with Crippen LogP contribution in [-0.4, -0.2) is 10.8 Å². The Morgan fingerprint density at radius 1 is 1.11 bits per heavy atom. The van der Waals surface area contributed by atoms with Gasteiger partial charge >= 0.3 is 0 Å². The lowest BCUT2D eigenvalue weighted by Gasteiger charge is -2.00. The zero-order chi connectivity index (χ0) is 13.4. The molecule has 2 aromatic carbocycles. The summed E-state index contributed by atoms with van der Waals surface area (Å²) in [6.45, 7) is 1.98. The number of halogens is 1. The number of rotatable bonds is 2. The van der Waals surface area contributed by atoms with Gasteiger partial charge < -0.3 is 4.98 Å². The van der Waals surface area contributed by atoms with Gasteiger partial charge in [-0.2, -0.15) is 0 Å². The number of aromatic amines is 1. The maximum absolute atomic E-state index is 12.9. The number of carbonyl (C=O) groups is 1. The van der Waals surface area contributed by atoms with Crippen molar-refractivity contribution in [1.82, 2.24) is 4.98 Å². The zero-order valence-corrected chi connectivity index (χ0v) is 10.4. The number of hydrogen-bond acceptors (Lipinski definition) is 1. The Labute approximate surface area is 109 Å². The van der Waals surface area contributed by atoms with E-state index < -0.39 is 0 Å². The Hall–Kier alpha value is -2.42. The minimum Gasteiger partial charge on any atom is -0.360 e. The summed E-state index contributed by atoms with van der Waals surface area (Å²) >= 11 is 0. The summed E-state index contributed by atoms with van der Waals surface area (Å²) in [6.07, 6.45) is 1.70. The molecule has 19 heavy (non-hydrogen) atoms. The van der Waals surface area contributed by atoms with E-state index in [0.717, 1.165) is 16.5 Å². The average Bonchev–Trinajstić information content (AvgIpc) is 2.81. The molecule has 0 amide bonds. The Morgan fingerprint density at radius 2 is 1.84 bits per heavy atom. The molecular formula is C16H12FNO.